The summed E-state index contributed by atoms with van der Waals surface area (Å²) in [5.74, 6) is 0. The van der Waals surface area contributed by atoms with Crippen LogP contribution in [0, 0.1) is 0 Å². The zero-order chi connectivity index (χ0) is 17.8. The molecule has 0 aliphatic rings. The normalized spacial score (nSPS) is 11.0. The van der Waals surface area contributed by atoms with E-state index >= 15 is 0 Å². The first-order chi connectivity index (χ1) is 9.97. The molecule has 1 aromatic rings. The number of rotatable bonds is 3. The Labute approximate surface area is 161 Å². The second-order valence-corrected chi connectivity index (χ2v) is 7.69. The molecule has 0 heterocycles. The van der Waals surface area contributed by atoms with Crippen LogP contribution in [0.5, 0.6) is 0 Å². The molecule has 0 N–H and O–H groups in total. The molecule has 0 aliphatic carbocycles. The molecule has 22 heavy (non-hydrogen) atoms. The van der Waals surface area contributed by atoms with Gasteiger partial charge in [0.2, 0.25) is 0 Å². The van der Waals surface area contributed by atoms with Gasteiger partial charge in [-0.1, -0.05) is 110 Å². The highest BCUT2D eigenvalue weighted by Crippen LogP contribution is 2.44. The molecule has 0 unspecified atom stereocenters. The first-order valence-electron chi connectivity index (χ1n) is 6.50. The summed E-state index contributed by atoms with van der Waals surface area (Å²) in [7, 11) is 0. The van der Waals surface area contributed by atoms with Gasteiger partial charge in [0.1, 0.15) is 0 Å². The van der Waals surface area contributed by atoms with E-state index in [1.54, 1.807) is 12.1 Å². The first-order valence-corrected chi connectivity index (χ1v) is 8.77. The van der Waals surface area contributed by atoms with Crippen molar-refractivity contribution >= 4 is 69.6 Å². The Bertz CT molecular complexity index is 351. The van der Waals surface area contributed by atoms with E-state index in [2.05, 4.69) is 60.3 Å². The van der Waals surface area contributed by atoms with E-state index in [4.69, 9.17) is 23.2 Å². The molecule has 0 spiro atoms. The van der Waals surface area contributed by atoms with E-state index in [1.165, 1.54) is 25.7 Å². The predicted octanol–water partition coefficient (Wildman–Crippen LogP) is 8.77. The molecule has 0 radical (unpaired) electrons. The lowest BCUT2D eigenvalue weighted by atomic mass is 10.2. The fourth-order valence-electron chi connectivity index (χ4n) is 0.939. The highest BCUT2D eigenvalue weighted by Gasteiger charge is 2.48. The first kappa shape index (κ1) is 25.1. The molecule has 0 bridgehead atoms. The third-order valence-corrected chi connectivity index (χ3v) is 4.14. The molecule has 130 valence electrons. The van der Waals surface area contributed by atoms with Crippen molar-refractivity contribution in [1.82, 2.24) is 0 Å². The van der Waals surface area contributed by atoms with Crippen molar-refractivity contribution in [3.05, 3.63) is 34.3 Å². The van der Waals surface area contributed by atoms with Crippen LogP contribution in [0.1, 0.15) is 39.5 Å². The molecule has 0 aliphatic heterocycles. The summed E-state index contributed by atoms with van der Waals surface area (Å²) in [6, 6.07) is 7.19. The van der Waals surface area contributed by atoms with E-state index in [1.807, 2.05) is 12.1 Å². The van der Waals surface area contributed by atoms with Crippen molar-refractivity contribution in [2.24, 2.45) is 0 Å². The summed E-state index contributed by atoms with van der Waals surface area (Å²) in [5.41, 5.74) is 0. The summed E-state index contributed by atoms with van der Waals surface area (Å²) in [6.07, 6.45) is 5.54. The van der Waals surface area contributed by atoms with Crippen molar-refractivity contribution in [2.75, 3.05) is 0 Å². The number of unbranched alkanes of at least 4 members (excludes halogenated alkanes) is 3. The Hall–Kier alpha value is 0.820. The minimum atomic E-state index is -3.79. The van der Waals surface area contributed by atoms with Crippen LogP contribution in [0.3, 0.4) is 0 Å². The Morgan fingerprint density at radius 2 is 1.09 bits per heavy atom. The monoisotopic (exact) mass is 434 g/mol. The number of hydrogen-bond donors (Lipinski definition) is 0. The highest BCUT2D eigenvalue weighted by molar-refractivity contribution is 6.70. The SMILES string of the molecule is CCCCCC.Clc1ccccc1Cl.FC(F)(Cl)C(Cl)(Cl)Cl. The van der Waals surface area contributed by atoms with Gasteiger partial charge in [-0.2, -0.15) is 8.78 Å². The van der Waals surface area contributed by atoms with Crippen molar-refractivity contribution in [2.45, 2.75) is 48.7 Å². The van der Waals surface area contributed by atoms with Crippen LogP contribution in [-0.2, 0) is 0 Å². The maximum Gasteiger partial charge on any atom is 0.368 e. The molecule has 0 fully saturated rings. The fourth-order valence-corrected chi connectivity index (χ4v) is 1.21. The zero-order valence-corrected chi connectivity index (χ0v) is 16.7. The molecule has 0 saturated heterocycles. The van der Waals surface area contributed by atoms with Crippen LogP contribution in [0.25, 0.3) is 0 Å². The summed E-state index contributed by atoms with van der Waals surface area (Å²) < 4.78 is 20.5. The Balaban J connectivity index is 0. The molecule has 0 amide bonds. The van der Waals surface area contributed by atoms with Crippen molar-refractivity contribution < 1.29 is 8.78 Å². The van der Waals surface area contributed by atoms with E-state index in [-0.39, 0.29) is 0 Å². The Kier molecular flexibility index (Phi) is 15.0. The Morgan fingerprint density at radius 3 is 1.23 bits per heavy atom. The van der Waals surface area contributed by atoms with E-state index in [9.17, 15) is 8.78 Å². The second kappa shape index (κ2) is 13.1. The van der Waals surface area contributed by atoms with Crippen LogP contribution in [-0.4, -0.2) is 9.17 Å². The average molecular weight is 437 g/mol. The molecule has 0 aromatic heterocycles. The minimum Gasteiger partial charge on any atom is -0.183 e. The molecule has 0 nitrogen and oxygen atoms in total. The lowest BCUT2D eigenvalue weighted by Gasteiger charge is -2.15. The number of benzene rings is 1. The van der Waals surface area contributed by atoms with Crippen LogP contribution < -0.4 is 0 Å². The molecule has 1 aromatic carbocycles. The largest absolute Gasteiger partial charge is 0.368 e. The molecule has 0 saturated carbocycles. The smallest absolute Gasteiger partial charge is 0.183 e. The van der Waals surface area contributed by atoms with E-state index < -0.39 is 9.17 Å². The maximum atomic E-state index is 11.6. The van der Waals surface area contributed by atoms with E-state index in [0.29, 0.717) is 10.0 Å². The molecular weight excluding hydrogens is 419 g/mol. The lowest BCUT2D eigenvalue weighted by molar-refractivity contribution is 0.101. The van der Waals surface area contributed by atoms with Crippen LogP contribution in [0.15, 0.2) is 24.3 Å². The average Bonchev–Trinajstić information content (AvgIpc) is 2.39. The Morgan fingerprint density at radius 1 is 0.818 bits per heavy atom. The number of alkyl halides is 6. The number of halogens is 8. The van der Waals surface area contributed by atoms with Gasteiger partial charge in [-0.3, -0.25) is 0 Å². The van der Waals surface area contributed by atoms with Gasteiger partial charge in [0, 0.05) is 0 Å². The summed E-state index contributed by atoms with van der Waals surface area (Å²) in [4.78, 5) is 0. The van der Waals surface area contributed by atoms with Crippen LogP contribution in [0.2, 0.25) is 10.0 Å². The third kappa shape index (κ3) is 14.4. The van der Waals surface area contributed by atoms with Gasteiger partial charge in [-0.25, -0.2) is 0 Å². The van der Waals surface area contributed by atoms with E-state index in [0.717, 1.165) is 0 Å². The summed E-state index contributed by atoms with van der Waals surface area (Å²) in [6.45, 7) is 4.46. The molecule has 0 atom stereocenters. The van der Waals surface area contributed by atoms with Crippen molar-refractivity contribution in [3.8, 4) is 0 Å². The minimum absolute atomic E-state index is 0.606. The second-order valence-electron chi connectivity index (χ2n) is 4.12. The molecular formula is C14H18Cl6F2. The highest BCUT2D eigenvalue weighted by atomic mass is 35.6. The standard InChI is InChI=1S/C6H4Cl2.C6H14.C2Cl4F2/c7-5-3-1-2-4-6(5)8;1-3-5-6-4-2;3-1(4,5)2(6,7)8/h1-4H;3-6H2,1-2H3;. The summed E-state index contributed by atoms with van der Waals surface area (Å²) >= 11 is 29.4. The zero-order valence-electron chi connectivity index (χ0n) is 12.2. The predicted molar refractivity (Wildman–Crippen MR) is 97.4 cm³/mol. The summed E-state index contributed by atoms with van der Waals surface area (Å²) in [5, 5.41) is -2.58. The van der Waals surface area contributed by atoms with Crippen LogP contribution in [0.4, 0.5) is 8.78 Å². The molecule has 1 rings (SSSR count). The van der Waals surface area contributed by atoms with Gasteiger partial charge in [-0.15, -0.1) is 0 Å². The fraction of sp³-hybridized carbons (Fsp3) is 0.571. The van der Waals surface area contributed by atoms with Gasteiger partial charge in [0.25, 0.3) is 3.79 Å². The third-order valence-electron chi connectivity index (χ3n) is 2.10. The maximum absolute atomic E-state index is 11.6. The van der Waals surface area contributed by atoms with Gasteiger partial charge in [0.05, 0.1) is 10.0 Å². The number of hydrogen-bond acceptors (Lipinski definition) is 0. The molecule has 8 heteroatoms. The van der Waals surface area contributed by atoms with Gasteiger partial charge in [-0.05, 0) is 23.7 Å². The van der Waals surface area contributed by atoms with Gasteiger partial charge >= 0.3 is 5.38 Å². The van der Waals surface area contributed by atoms with Gasteiger partial charge < -0.3 is 0 Å². The quantitative estimate of drug-likeness (QED) is 0.328. The van der Waals surface area contributed by atoms with Crippen molar-refractivity contribution in [3.63, 3.8) is 0 Å². The topological polar surface area (TPSA) is 0 Å². The van der Waals surface area contributed by atoms with Gasteiger partial charge in [0.15, 0.2) is 0 Å². The van der Waals surface area contributed by atoms with Crippen LogP contribution >= 0.6 is 69.6 Å². The van der Waals surface area contributed by atoms with Crippen molar-refractivity contribution in [1.29, 1.82) is 0 Å². The lowest BCUT2D eigenvalue weighted by Crippen LogP contribution is -2.26.